The van der Waals surface area contributed by atoms with Gasteiger partial charge in [0, 0.05) is 13.1 Å². The van der Waals surface area contributed by atoms with Crippen molar-refractivity contribution in [3.8, 4) is 5.88 Å². The van der Waals surface area contributed by atoms with E-state index in [4.69, 9.17) is 10.5 Å². The maximum atomic E-state index is 5.71. The van der Waals surface area contributed by atoms with Gasteiger partial charge in [0.25, 0.3) is 0 Å². The molecule has 5 nitrogen and oxygen atoms in total. The van der Waals surface area contributed by atoms with Crippen LogP contribution in [0.5, 0.6) is 5.88 Å². The molecule has 0 saturated heterocycles. The van der Waals surface area contributed by atoms with E-state index in [2.05, 4.69) is 29.1 Å². The molecular formula is C13H24N4O. The minimum atomic E-state index is 0.235. The van der Waals surface area contributed by atoms with Crippen LogP contribution in [0.4, 0.5) is 11.8 Å². The molecule has 0 aliphatic carbocycles. The van der Waals surface area contributed by atoms with Crippen LogP contribution in [0.25, 0.3) is 0 Å². The first-order valence-electron chi connectivity index (χ1n) is 6.64. The highest BCUT2D eigenvalue weighted by atomic mass is 16.5. The summed E-state index contributed by atoms with van der Waals surface area (Å²) in [6.07, 6.45) is 4.79. The van der Waals surface area contributed by atoms with Gasteiger partial charge in [-0.1, -0.05) is 33.1 Å². The normalized spacial score (nSPS) is 12.2. The van der Waals surface area contributed by atoms with Gasteiger partial charge in [-0.3, -0.25) is 0 Å². The minimum absolute atomic E-state index is 0.235. The number of nitrogen functional groups attached to an aromatic ring is 1. The third-order valence-corrected chi connectivity index (χ3v) is 2.99. The Morgan fingerprint density at radius 2 is 2.17 bits per heavy atom. The molecule has 0 aliphatic heterocycles. The van der Waals surface area contributed by atoms with Gasteiger partial charge in [-0.05, 0) is 12.3 Å². The highest BCUT2D eigenvalue weighted by molar-refractivity contribution is 5.42. The van der Waals surface area contributed by atoms with Crippen molar-refractivity contribution in [1.82, 2.24) is 9.97 Å². The van der Waals surface area contributed by atoms with Crippen LogP contribution < -0.4 is 15.8 Å². The third kappa shape index (κ3) is 4.77. The van der Waals surface area contributed by atoms with Crippen molar-refractivity contribution in [2.24, 2.45) is 5.92 Å². The molecule has 0 aliphatic rings. The Labute approximate surface area is 109 Å². The second-order valence-corrected chi connectivity index (χ2v) is 4.43. The molecule has 1 aromatic rings. The summed E-state index contributed by atoms with van der Waals surface area (Å²) in [5.41, 5.74) is 5.61. The zero-order valence-electron chi connectivity index (χ0n) is 11.6. The summed E-state index contributed by atoms with van der Waals surface area (Å²) in [5.74, 6) is 2.04. The Morgan fingerprint density at radius 3 is 2.78 bits per heavy atom. The fourth-order valence-electron chi connectivity index (χ4n) is 1.75. The fraction of sp³-hybridized carbons (Fsp3) is 0.692. The van der Waals surface area contributed by atoms with E-state index in [9.17, 15) is 0 Å². The molecule has 0 fully saturated rings. The first kappa shape index (κ1) is 14.5. The van der Waals surface area contributed by atoms with Crippen LogP contribution in [0.15, 0.2) is 6.07 Å². The van der Waals surface area contributed by atoms with E-state index >= 15 is 0 Å². The summed E-state index contributed by atoms with van der Waals surface area (Å²) in [7, 11) is 1.79. The van der Waals surface area contributed by atoms with Crippen LogP contribution in [0.3, 0.4) is 0 Å². The Bertz CT molecular complexity index is 357. The molecule has 1 unspecified atom stereocenters. The van der Waals surface area contributed by atoms with Gasteiger partial charge in [-0.15, -0.1) is 0 Å². The standard InChI is InChI=1S/C13H24N4O/c1-4-6-7-10(5-2)9-18-12-8-11(15-3)16-13(14)17-12/h8,10H,4-7,9H2,1-3H3,(H3,14,15,16,17). The van der Waals surface area contributed by atoms with Gasteiger partial charge in [0.05, 0.1) is 6.61 Å². The molecule has 18 heavy (non-hydrogen) atoms. The first-order valence-corrected chi connectivity index (χ1v) is 6.64. The molecule has 0 radical (unpaired) electrons. The number of hydrogen-bond acceptors (Lipinski definition) is 5. The summed E-state index contributed by atoms with van der Waals surface area (Å²) < 4.78 is 5.71. The molecule has 0 amide bonds. The first-order chi connectivity index (χ1) is 8.69. The van der Waals surface area contributed by atoms with E-state index in [1.807, 2.05) is 0 Å². The Morgan fingerprint density at radius 1 is 1.39 bits per heavy atom. The summed E-state index contributed by atoms with van der Waals surface area (Å²) in [4.78, 5) is 8.10. The quantitative estimate of drug-likeness (QED) is 0.744. The van der Waals surface area contributed by atoms with Gasteiger partial charge in [0.1, 0.15) is 5.82 Å². The molecule has 0 spiro atoms. The van der Waals surface area contributed by atoms with Crippen molar-refractivity contribution in [2.75, 3.05) is 24.7 Å². The van der Waals surface area contributed by atoms with Gasteiger partial charge in [-0.2, -0.15) is 9.97 Å². The lowest BCUT2D eigenvalue weighted by molar-refractivity contribution is 0.226. The number of nitrogens with one attached hydrogen (secondary N) is 1. The van der Waals surface area contributed by atoms with Crippen molar-refractivity contribution in [3.05, 3.63) is 6.07 Å². The predicted octanol–water partition coefficient (Wildman–Crippen LogP) is 2.70. The number of rotatable bonds is 8. The summed E-state index contributed by atoms with van der Waals surface area (Å²) in [6, 6.07) is 1.77. The average Bonchev–Trinajstić information content (AvgIpc) is 2.38. The van der Waals surface area contributed by atoms with E-state index in [1.54, 1.807) is 13.1 Å². The molecular weight excluding hydrogens is 228 g/mol. The van der Waals surface area contributed by atoms with Gasteiger partial charge < -0.3 is 15.8 Å². The zero-order valence-corrected chi connectivity index (χ0v) is 11.6. The molecule has 102 valence electrons. The largest absolute Gasteiger partial charge is 0.477 e. The number of nitrogens with two attached hydrogens (primary N) is 1. The second-order valence-electron chi connectivity index (χ2n) is 4.43. The molecule has 1 rings (SSSR count). The molecule has 3 N–H and O–H groups in total. The van der Waals surface area contributed by atoms with Crippen molar-refractivity contribution in [2.45, 2.75) is 39.5 Å². The maximum Gasteiger partial charge on any atom is 0.225 e. The van der Waals surface area contributed by atoms with E-state index in [1.165, 1.54) is 19.3 Å². The Kier molecular flexibility index (Phi) is 6.25. The Hall–Kier alpha value is -1.52. The lowest BCUT2D eigenvalue weighted by atomic mass is 10.0. The van der Waals surface area contributed by atoms with Crippen LogP contribution in [-0.4, -0.2) is 23.6 Å². The third-order valence-electron chi connectivity index (χ3n) is 2.99. The predicted molar refractivity (Wildman–Crippen MR) is 74.8 cm³/mol. The molecule has 1 heterocycles. The average molecular weight is 252 g/mol. The molecule has 1 atom stereocenters. The highest BCUT2D eigenvalue weighted by Gasteiger charge is 2.08. The van der Waals surface area contributed by atoms with E-state index < -0.39 is 0 Å². The van der Waals surface area contributed by atoms with E-state index in [0.29, 0.717) is 24.2 Å². The lowest BCUT2D eigenvalue weighted by Gasteiger charge is -2.15. The highest BCUT2D eigenvalue weighted by Crippen LogP contribution is 2.18. The molecule has 1 aromatic heterocycles. The SMILES string of the molecule is CCCCC(CC)COc1cc(NC)nc(N)n1. The van der Waals surface area contributed by atoms with Gasteiger partial charge in [0.2, 0.25) is 11.8 Å². The molecule has 0 saturated carbocycles. The van der Waals surface area contributed by atoms with Crippen molar-refractivity contribution in [1.29, 1.82) is 0 Å². The van der Waals surface area contributed by atoms with Gasteiger partial charge in [-0.25, -0.2) is 0 Å². The topological polar surface area (TPSA) is 73.1 Å². The number of nitrogens with zero attached hydrogens (tertiary/aromatic N) is 2. The number of unbranched alkanes of at least 4 members (excludes halogenated alkanes) is 1. The molecule has 0 aromatic carbocycles. The van der Waals surface area contributed by atoms with Gasteiger partial charge >= 0.3 is 0 Å². The van der Waals surface area contributed by atoms with E-state index in [0.717, 1.165) is 6.42 Å². The summed E-state index contributed by atoms with van der Waals surface area (Å²) in [6.45, 7) is 5.09. The maximum absolute atomic E-state index is 5.71. The smallest absolute Gasteiger partial charge is 0.225 e. The molecule has 5 heteroatoms. The monoisotopic (exact) mass is 252 g/mol. The van der Waals surface area contributed by atoms with Crippen LogP contribution in [0, 0.1) is 5.92 Å². The summed E-state index contributed by atoms with van der Waals surface area (Å²) in [5, 5.41) is 2.93. The van der Waals surface area contributed by atoms with E-state index in [-0.39, 0.29) is 5.95 Å². The Balaban J connectivity index is 2.53. The number of anilines is 2. The minimum Gasteiger partial charge on any atom is -0.477 e. The second kappa shape index (κ2) is 7.74. The zero-order chi connectivity index (χ0) is 13.4. The lowest BCUT2D eigenvalue weighted by Crippen LogP contribution is -2.13. The summed E-state index contributed by atoms with van der Waals surface area (Å²) >= 11 is 0. The number of ether oxygens (including phenoxy) is 1. The van der Waals surface area contributed by atoms with Crippen molar-refractivity contribution < 1.29 is 4.74 Å². The molecule has 0 bridgehead atoms. The fourth-order valence-corrected chi connectivity index (χ4v) is 1.75. The van der Waals surface area contributed by atoms with Crippen molar-refractivity contribution >= 4 is 11.8 Å². The number of hydrogen-bond donors (Lipinski definition) is 2. The van der Waals surface area contributed by atoms with Crippen molar-refractivity contribution in [3.63, 3.8) is 0 Å². The van der Waals surface area contributed by atoms with Crippen LogP contribution in [0.2, 0.25) is 0 Å². The van der Waals surface area contributed by atoms with Crippen LogP contribution in [-0.2, 0) is 0 Å². The van der Waals surface area contributed by atoms with Crippen LogP contribution in [0.1, 0.15) is 39.5 Å². The van der Waals surface area contributed by atoms with Gasteiger partial charge in [0.15, 0.2) is 0 Å². The van der Waals surface area contributed by atoms with Crippen LogP contribution >= 0.6 is 0 Å². The number of aromatic nitrogens is 2.